The van der Waals surface area contributed by atoms with Crippen LogP contribution in [-0.2, 0) is 0 Å². The number of methoxy groups -OCH3 is 1. The lowest BCUT2D eigenvalue weighted by atomic mass is 9.56. The molecule has 2 aliphatic heterocycles. The molecule has 1 spiro atoms. The molecule has 2 aromatic rings. The van der Waals surface area contributed by atoms with Crippen LogP contribution in [0.1, 0.15) is 99.7 Å². The molecular formula is C38H54N2O3. The lowest BCUT2D eigenvalue weighted by molar-refractivity contribution is -0.0105. The van der Waals surface area contributed by atoms with Gasteiger partial charge in [0.25, 0.3) is 0 Å². The minimum Gasteiger partial charge on any atom is -0.493 e. The van der Waals surface area contributed by atoms with E-state index in [9.17, 15) is 0 Å². The van der Waals surface area contributed by atoms with Gasteiger partial charge < -0.3 is 23.7 Å². The zero-order valence-corrected chi connectivity index (χ0v) is 27.4. The lowest BCUT2D eigenvalue weighted by Gasteiger charge is -2.52. The standard InChI is InChI=1S/C38H54N2O3/c1-27-9-11-32(35-12-10-28(2)43-35)21-31(8-6-7-30-24-38(25-30)15-19-40(4)20-16-38)34-23-36(41-5)37(22-33(27)34)42-26-29-13-17-39(3)18-14-29/h10-12,21-23,27,29-30H,6-9,13-20,24-26H2,1-5H3/b31-21?,32-11-. The maximum Gasteiger partial charge on any atom is 0.161 e. The fraction of sp³-hybridized carbons (Fsp3) is 0.632. The first-order chi connectivity index (χ1) is 20.8. The molecule has 1 atom stereocenters. The number of allylic oxidation sites excluding steroid dienone is 4. The number of rotatable bonds is 9. The molecule has 5 heteroatoms. The number of furan rings is 1. The van der Waals surface area contributed by atoms with E-state index in [0.717, 1.165) is 61.5 Å². The second-order valence-corrected chi connectivity index (χ2v) is 14.5. The number of nitrogens with zero attached hydrogens (tertiary/aromatic N) is 2. The van der Waals surface area contributed by atoms with Crippen LogP contribution < -0.4 is 9.47 Å². The quantitative estimate of drug-likeness (QED) is 0.294. The van der Waals surface area contributed by atoms with E-state index < -0.39 is 0 Å². The summed E-state index contributed by atoms with van der Waals surface area (Å²) in [4.78, 5) is 4.92. The Bertz CT molecular complexity index is 1300. The van der Waals surface area contributed by atoms with Crippen LogP contribution in [0.25, 0.3) is 11.1 Å². The molecule has 0 bridgehead atoms. The van der Waals surface area contributed by atoms with E-state index in [1.165, 1.54) is 86.7 Å². The van der Waals surface area contributed by atoms with Crippen LogP contribution in [0.3, 0.4) is 0 Å². The molecule has 234 valence electrons. The summed E-state index contributed by atoms with van der Waals surface area (Å²) < 4.78 is 18.6. The molecule has 1 unspecified atom stereocenters. The van der Waals surface area contributed by atoms with Crippen molar-refractivity contribution in [1.82, 2.24) is 9.80 Å². The van der Waals surface area contributed by atoms with Gasteiger partial charge in [-0.25, -0.2) is 0 Å². The van der Waals surface area contributed by atoms with Crippen molar-refractivity contribution in [2.24, 2.45) is 17.3 Å². The molecule has 1 saturated carbocycles. The normalized spacial score (nSPS) is 24.8. The molecular weight excluding hydrogens is 532 g/mol. The molecule has 5 nitrogen and oxygen atoms in total. The van der Waals surface area contributed by atoms with Crippen molar-refractivity contribution in [3.63, 3.8) is 0 Å². The van der Waals surface area contributed by atoms with Gasteiger partial charge in [-0.1, -0.05) is 19.4 Å². The predicted octanol–water partition coefficient (Wildman–Crippen LogP) is 8.58. The summed E-state index contributed by atoms with van der Waals surface area (Å²) in [5.41, 5.74) is 5.96. The highest BCUT2D eigenvalue weighted by atomic mass is 16.5. The summed E-state index contributed by atoms with van der Waals surface area (Å²) in [7, 11) is 6.27. The Morgan fingerprint density at radius 1 is 0.953 bits per heavy atom. The minimum atomic E-state index is 0.372. The number of benzene rings is 1. The lowest BCUT2D eigenvalue weighted by Crippen LogP contribution is -2.45. The summed E-state index contributed by atoms with van der Waals surface area (Å²) in [6.45, 7) is 10.0. The topological polar surface area (TPSA) is 38.1 Å². The smallest absolute Gasteiger partial charge is 0.161 e. The van der Waals surface area contributed by atoms with E-state index in [-0.39, 0.29) is 0 Å². The number of hydrogen-bond acceptors (Lipinski definition) is 5. The SMILES string of the molecule is COc1cc2c(cc1OCC1CCN(C)CC1)C(C)C/C=C(\c1ccc(C)o1)C=C2CCCC1CC2(CCN(C)CC2)C1. The maximum absolute atomic E-state index is 6.52. The number of likely N-dealkylation sites (tertiary alicyclic amines) is 2. The molecule has 2 saturated heterocycles. The van der Waals surface area contributed by atoms with Gasteiger partial charge >= 0.3 is 0 Å². The minimum absolute atomic E-state index is 0.372. The van der Waals surface area contributed by atoms with Crippen LogP contribution in [0.2, 0.25) is 0 Å². The number of ether oxygens (including phenoxy) is 2. The van der Waals surface area contributed by atoms with Gasteiger partial charge in [0.2, 0.25) is 0 Å². The highest BCUT2D eigenvalue weighted by Gasteiger charge is 2.44. The number of fused-ring (bicyclic) bond motifs is 1. The average molecular weight is 587 g/mol. The summed E-state index contributed by atoms with van der Waals surface area (Å²) in [5, 5.41) is 0. The van der Waals surface area contributed by atoms with Crippen molar-refractivity contribution in [3.05, 3.63) is 59.1 Å². The molecule has 43 heavy (non-hydrogen) atoms. The molecule has 0 amide bonds. The fourth-order valence-electron chi connectivity index (χ4n) is 8.14. The van der Waals surface area contributed by atoms with Gasteiger partial charge in [-0.05, 0) is 175 Å². The molecule has 3 heterocycles. The van der Waals surface area contributed by atoms with Crippen molar-refractivity contribution < 1.29 is 13.9 Å². The molecule has 6 rings (SSSR count). The van der Waals surface area contributed by atoms with E-state index in [1.54, 1.807) is 7.11 Å². The van der Waals surface area contributed by atoms with E-state index >= 15 is 0 Å². The van der Waals surface area contributed by atoms with Crippen LogP contribution in [0.4, 0.5) is 0 Å². The number of hydrogen-bond donors (Lipinski definition) is 0. The van der Waals surface area contributed by atoms with Crippen LogP contribution in [0.15, 0.2) is 40.8 Å². The van der Waals surface area contributed by atoms with Crippen molar-refractivity contribution in [2.75, 3.05) is 54.0 Å². The van der Waals surface area contributed by atoms with Gasteiger partial charge in [-0.2, -0.15) is 0 Å². The van der Waals surface area contributed by atoms with Crippen molar-refractivity contribution in [2.45, 2.75) is 84.0 Å². The maximum atomic E-state index is 6.52. The summed E-state index contributed by atoms with van der Waals surface area (Å²) in [5.74, 6) is 5.56. The van der Waals surface area contributed by atoms with Crippen LogP contribution in [0, 0.1) is 24.2 Å². The molecule has 1 aromatic heterocycles. The second kappa shape index (κ2) is 13.2. The van der Waals surface area contributed by atoms with E-state index in [1.807, 2.05) is 6.92 Å². The van der Waals surface area contributed by atoms with Gasteiger partial charge in [-0.3, -0.25) is 0 Å². The Morgan fingerprint density at radius 3 is 2.40 bits per heavy atom. The van der Waals surface area contributed by atoms with Crippen molar-refractivity contribution >= 4 is 11.1 Å². The molecule has 2 aliphatic carbocycles. The first-order valence-corrected chi connectivity index (χ1v) is 17.0. The Labute approximate surface area is 260 Å². The largest absolute Gasteiger partial charge is 0.493 e. The first kappa shape index (κ1) is 30.5. The van der Waals surface area contributed by atoms with Crippen LogP contribution >= 0.6 is 0 Å². The summed E-state index contributed by atoms with van der Waals surface area (Å²) >= 11 is 0. The van der Waals surface area contributed by atoms with Gasteiger partial charge in [0.15, 0.2) is 11.5 Å². The van der Waals surface area contributed by atoms with E-state index in [0.29, 0.717) is 17.3 Å². The average Bonchev–Trinajstić information content (AvgIpc) is 3.42. The molecule has 3 fully saturated rings. The van der Waals surface area contributed by atoms with Gasteiger partial charge in [0, 0.05) is 5.57 Å². The Kier molecular flexibility index (Phi) is 9.40. The number of aryl methyl sites for hydroxylation is 1. The Hall–Kier alpha value is -2.50. The third kappa shape index (κ3) is 7.09. The third-order valence-corrected chi connectivity index (χ3v) is 11.1. The second-order valence-electron chi connectivity index (χ2n) is 14.5. The molecule has 0 radical (unpaired) electrons. The van der Waals surface area contributed by atoms with E-state index in [2.05, 4.69) is 67.2 Å². The van der Waals surface area contributed by atoms with Crippen LogP contribution in [-0.4, -0.2) is 63.8 Å². The highest BCUT2D eigenvalue weighted by molar-refractivity contribution is 5.85. The van der Waals surface area contributed by atoms with Crippen molar-refractivity contribution in [3.8, 4) is 11.5 Å². The summed E-state index contributed by atoms with van der Waals surface area (Å²) in [6, 6.07) is 8.77. The van der Waals surface area contributed by atoms with E-state index in [4.69, 9.17) is 13.9 Å². The number of piperidine rings is 2. The van der Waals surface area contributed by atoms with Gasteiger partial charge in [-0.15, -0.1) is 0 Å². The zero-order valence-electron chi connectivity index (χ0n) is 27.4. The zero-order chi connectivity index (χ0) is 30.0. The molecule has 4 aliphatic rings. The Morgan fingerprint density at radius 2 is 1.70 bits per heavy atom. The predicted molar refractivity (Wildman–Crippen MR) is 177 cm³/mol. The third-order valence-electron chi connectivity index (χ3n) is 11.1. The first-order valence-electron chi connectivity index (χ1n) is 17.0. The highest BCUT2D eigenvalue weighted by Crippen LogP contribution is 2.54. The van der Waals surface area contributed by atoms with Crippen molar-refractivity contribution in [1.29, 1.82) is 0 Å². The monoisotopic (exact) mass is 586 g/mol. The summed E-state index contributed by atoms with van der Waals surface area (Å²) in [6.07, 6.45) is 17.4. The Balaban J connectivity index is 1.21. The fourth-order valence-corrected chi connectivity index (χ4v) is 8.14. The molecule has 1 aromatic carbocycles. The molecule has 0 N–H and O–H groups in total. The van der Waals surface area contributed by atoms with Crippen LogP contribution in [0.5, 0.6) is 11.5 Å². The van der Waals surface area contributed by atoms with Gasteiger partial charge in [0.1, 0.15) is 11.5 Å². The van der Waals surface area contributed by atoms with Gasteiger partial charge in [0.05, 0.1) is 13.7 Å².